The highest BCUT2D eigenvalue weighted by Gasteiger charge is 2.45. The van der Waals surface area contributed by atoms with Gasteiger partial charge in [0.1, 0.15) is 18.2 Å². The minimum Gasteiger partial charge on any atom is -0.493 e. The van der Waals surface area contributed by atoms with Crippen LogP contribution in [0, 0.1) is 25.6 Å². The summed E-state index contributed by atoms with van der Waals surface area (Å²) in [5, 5.41) is 16.4. The van der Waals surface area contributed by atoms with Crippen LogP contribution in [0.4, 0.5) is 4.39 Å². The van der Waals surface area contributed by atoms with Gasteiger partial charge in [0.2, 0.25) is 5.88 Å². The average Bonchev–Trinajstić information content (AvgIpc) is 3.56. The van der Waals surface area contributed by atoms with Crippen molar-refractivity contribution in [3.63, 3.8) is 0 Å². The van der Waals surface area contributed by atoms with Gasteiger partial charge in [0.05, 0.1) is 12.7 Å². The standard InChI is InChI=1S/C28H30FNO3.C2H6.CH4O/c1-16-8-23(32-7-6-18(3)31)9-17(2)28(16)19-4-5-26(29)22(10-19)15-33-27-13-21-11-20-12-24(20)25(21)14-30-27;2*1-2/h4-5,8-10,13-14,18,20,24,31H,6-7,11-12,15H2,1-3H3;1-2H3;2H,1H3. The zero-order valence-electron chi connectivity index (χ0n) is 22.8. The number of pyridine rings is 1. The van der Waals surface area contributed by atoms with Crippen LogP contribution in [0.15, 0.2) is 42.6 Å². The summed E-state index contributed by atoms with van der Waals surface area (Å²) in [6.07, 6.45) is 4.54. The van der Waals surface area contributed by atoms with Gasteiger partial charge in [-0.15, -0.1) is 0 Å². The first-order chi connectivity index (χ1) is 17.9. The van der Waals surface area contributed by atoms with Crippen LogP contribution in [0.3, 0.4) is 0 Å². The minimum absolute atomic E-state index is 0.136. The molecule has 2 aliphatic carbocycles. The largest absolute Gasteiger partial charge is 0.493 e. The van der Waals surface area contributed by atoms with Crippen LogP contribution >= 0.6 is 0 Å². The van der Waals surface area contributed by atoms with Gasteiger partial charge >= 0.3 is 0 Å². The Balaban J connectivity index is 0.000000907. The van der Waals surface area contributed by atoms with E-state index in [0.29, 0.717) is 30.4 Å². The number of halogens is 1. The van der Waals surface area contributed by atoms with Crippen molar-refractivity contribution >= 4 is 0 Å². The van der Waals surface area contributed by atoms with Crippen LogP contribution in [0.1, 0.15) is 67.3 Å². The van der Waals surface area contributed by atoms with Gasteiger partial charge in [0.15, 0.2) is 0 Å². The number of nitrogens with zero attached hydrogens (tertiary/aromatic N) is 1. The van der Waals surface area contributed by atoms with Gasteiger partial charge in [0.25, 0.3) is 0 Å². The number of fused-ring (bicyclic) bond motifs is 3. The molecule has 1 fully saturated rings. The molecule has 0 bridgehead atoms. The van der Waals surface area contributed by atoms with Crippen molar-refractivity contribution in [1.82, 2.24) is 4.98 Å². The molecule has 0 spiro atoms. The van der Waals surface area contributed by atoms with E-state index in [1.807, 2.05) is 64.2 Å². The first kappa shape index (κ1) is 28.6. The predicted octanol–water partition coefficient (Wildman–Crippen LogP) is 6.53. The lowest BCUT2D eigenvalue weighted by Gasteiger charge is -2.16. The van der Waals surface area contributed by atoms with Gasteiger partial charge in [-0.1, -0.05) is 19.9 Å². The first-order valence-corrected chi connectivity index (χ1v) is 13.2. The lowest BCUT2D eigenvalue weighted by molar-refractivity contribution is 0.155. The number of aryl methyl sites for hydroxylation is 2. The topological polar surface area (TPSA) is 71.8 Å². The summed E-state index contributed by atoms with van der Waals surface area (Å²) in [5.41, 5.74) is 7.33. The van der Waals surface area contributed by atoms with Crippen molar-refractivity contribution in [2.24, 2.45) is 5.92 Å². The fourth-order valence-electron chi connectivity index (χ4n) is 5.01. The molecule has 0 aliphatic heterocycles. The molecule has 0 radical (unpaired) electrons. The molecule has 3 unspecified atom stereocenters. The molecular formula is C31H40FNO4. The quantitative estimate of drug-likeness (QED) is 0.361. The summed E-state index contributed by atoms with van der Waals surface area (Å²) in [6.45, 7) is 10.4. The molecule has 5 rings (SSSR count). The highest BCUT2D eigenvalue weighted by Crippen LogP contribution is 2.56. The van der Waals surface area contributed by atoms with Gasteiger partial charge in [0, 0.05) is 31.4 Å². The molecule has 200 valence electrons. The molecule has 2 N–H and O–H groups in total. The summed E-state index contributed by atoms with van der Waals surface area (Å²) in [6, 6.07) is 11.2. The molecule has 6 heteroatoms. The Hall–Kier alpha value is -2.96. The fourth-order valence-corrected chi connectivity index (χ4v) is 5.01. The maximum absolute atomic E-state index is 14.6. The molecular weight excluding hydrogens is 469 g/mol. The Kier molecular flexibility index (Phi) is 10.1. The summed E-state index contributed by atoms with van der Waals surface area (Å²) in [5.74, 6) is 2.56. The second kappa shape index (κ2) is 13.0. The number of hydrogen-bond donors (Lipinski definition) is 2. The van der Waals surface area contributed by atoms with Crippen molar-refractivity contribution < 1.29 is 24.1 Å². The van der Waals surface area contributed by atoms with Crippen molar-refractivity contribution in [1.29, 1.82) is 0 Å². The van der Waals surface area contributed by atoms with Gasteiger partial charge in [-0.25, -0.2) is 9.37 Å². The lowest BCUT2D eigenvalue weighted by Crippen LogP contribution is -2.07. The average molecular weight is 510 g/mol. The van der Waals surface area contributed by atoms with Gasteiger partial charge < -0.3 is 19.7 Å². The summed E-state index contributed by atoms with van der Waals surface area (Å²) in [7, 11) is 1.00. The van der Waals surface area contributed by atoms with Crippen LogP contribution in [-0.4, -0.2) is 35.0 Å². The number of benzene rings is 2. The molecule has 1 aromatic heterocycles. The number of ether oxygens (including phenoxy) is 2. The first-order valence-electron chi connectivity index (χ1n) is 13.2. The second-order valence-electron chi connectivity index (χ2n) is 9.54. The Morgan fingerprint density at radius 3 is 2.43 bits per heavy atom. The zero-order valence-corrected chi connectivity index (χ0v) is 22.8. The molecule has 2 aromatic carbocycles. The van der Waals surface area contributed by atoms with Gasteiger partial charge in [-0.3, -0.25) is 0 Å². The Bertz CT molecular complexity index is 1170. The smallest absolute Gasteiger partial charge is 0.213 e. The predicted molar refractivity (Wildman–Crippen MR) is 146 cm³/mol. The highest BCUT2D eigenvalue weighted by molar-refractivity contribution is 5.72. The molecule has 1 heterocycles. The van der Waals surface area contributed by atoms with Crippen LogP contribution in [-0.2, 0) is 13.0 Å². The van der Waals surface area contributed by atoms with E-state index in [4.69, 9.17) is 14.6 Å². The minimum atomic E-state index is -0.385. The number of aliphatic hydroxyl groups excluding tert-OH is 2. The van der Waals surface area contributed by atoms with Gasteiger partial charge in [-0.2, -0.15) is 0 Å². The van der Waals surface area contributed by atoms with E-state index in [2.05, 4.69) is 4.98 Å². The normalized spacial score (nSPS) is 17.3. The molecule has 1 saturated carbocycles. The summed E-state index contributed by atoms with van der Waals surface area (Å²) < 4.78 is 26.3. The van der Waals surface area contributed by atoms with E-state index >= 15 is 0 Å². The summed E-state index contributed by atoms with van der Waals surface area (Å²) in [4.78, 5) is 4.45. The number of aliphatic hydroxyl groups is 2. The molecule has 0 saturated heterocycles. The van der Waals surface area contributed by atoms with Crippen molar-refractivity contribution in [3.8, 4) is 22.8 Å². The van der Waals surface area contributed by atoms with Crippen LogP contribution < -0.4 is 9.47 Å². The Morgan fingerprint density at radius 1 is 1.05 bits per heavy atom. The maximum Gasteiger partial charge on any atom is 0.213 e. The van der Waals surface area contributed by atoms with E-state index in [1.165, 1.54) is 23.6 Å². The molecule has 37 heavy (non-hydrogen) atoms. The van der Waals surface area contributed by atoms with Gasteiger partial charge in [-0.05, 0) is 103 Å². The van der Waals surface area contributed by atoms with Crippen molar-refractivity contribution in [3.05, 3.63) is 76.2 Å². The molecule has 5 nitrogen and oxygen atoms in total. The van der Waals surface area contributed by atoms with E-state index < -0.39 is 0 Å². The van der Waals surface area contributed by atoms with E-state index in [9.17, 15) is 9.50 Å². The Labute approximate surface area is 220 Å². The number of hydrogen-bond acceptors (Lipinski definition) is 5. The van der Waals surface area contributed by atoms with Crippen LogP contribution in [0.5, 0.6) is 11.6 Å². The highest BCUT2D eigenvalue weighted by atomic mass is 19.1. The zero-order chi connectivity index (χ0) is 27.1. The molecule has 3 atom stereocenters. The molecule has 0 amide bonds. The van der Waals surface area contributed by atoms with Crippen molar-refractivity contribution in [2.45, 2.75) is 72.5 Å². The van der Waals surface area contributed by atoms with Crippen LogP contribution in [0.25, 0.3) is 11.1 Å². The van der Waals surface area contributed by atoms with E-state index in [0.717, 1.165) is 47.5 Å². The third-order valence-electron chi connectivity index (χ3n) is 6.82. The molecule has 2 aliphatic rings. The third-order valence-corrected chi connectivity index (χ3v) is 6.82. The maximum atomic E-state index is 14.6. The van der Waals surface area contributed by atoms with E-state index in [-0.39, 0.29) is 18.5 Å². The number of rotatable bonds is 8. The fraction of sp³-hybridized carbons (Fsp3) is 0.452. The number of aromatic nitrogens is 1. The SMILES string of the molecule is CC.CO.Cc1cc(OCCC(C)O)cc(C)c1-c1ccc(F)c(COc2cc3c(cn2)C2CC2C3)c1. The lowest BCUT2D eigenvalue weighted by atomic mass is 9.94. The van der Waals surface area contributed by atoms with Crippen molar-refractivity contribution in [2.75, 3.05) is 13.7 Å². The van der Waals surface area contributed by atoms with Crippen LogP contribution in [0.2, 0.25) is 0 Å². The summed E-state index contributed by atoms with van der Waals surface area (Å²) >= 11 is 0. The Morgan fingerprint density at radius 2 is 1.76 bits per heavy atom. The second-order valence-corrected chi connectivity index (χ2v) is 9.54. The van der Waals surface area contributed by atoms with E-state index in [1.54, 1.807) is 6.92 Å². The monoisotopic (exact) mass is 509 g/mol. The third kappa shape index (κ3) is 6.88. The molecule has 3 aromatic rings.